The average Bonchev–Trinajstić information content (AvgIpc) is 3.03. The average molecular weight is 374 g/mol. The van der Waals surface area contributed by atoms with Crippen LogP contribution in [0.4, 0.5) is 6.01 Å². The summed E-state index contributed by atoms with van der Waals surface area (Å²) >= 11 is 7.76. The van der Waals surface area contributed by atoms with Crippen molar-refractivity contribution in [1.29, 1.82) is 0 Å². The number of nitrogens with one attached hydrogen (secondary N) is 1. The predicted molar refractivity (Wildman–Crippen MR) is 100 cm³/mol. The van der Waals surface area contributed by atoms with Crippen molar-refractivity contribution in [2.45, 2.75) is 24.0 Å². The summed E-state index contributed by atoms with van der Waals surface area (Å²) in [7, 11) is 0. The number of nitrogens with zero attached hydrogens (tertiary/aromatic N) is 2. The summed E-state index contributed by atoms with van der Waals surface area (Å²) in [5.41, 5.74) is 1.15. The first-order valence-corrected chi connectivity index (χ1v) is 8.95. The van der Waals surface area contributed by atoms with Crippen LogP contribution >= 0.6 is 23.4 Å². The molecule has 0 spiro atoms. The number of rotatable bonds is 5. The van der Waals surface area contributed by atoms with Gasteiger partial charge in [-0.25, -0.2) is 0 Å². The third kappa shape index (κ3) is 4.41. The van der Waals surface area contributed by atoms with Gasteiger partial charge in [-0.05, 0) is 30.3 Å². The number of thioether (sulfide) groups is 1. The number of benzene rings is 2. The molecule has 0 aliphatic heterocycles. The number of anilines is 1. The van der Waals surface area contributed by atoms with Gasteiger partial charge >= 0.3 is 6.01 Å². The summed E-state index contributed by atoms with van der Waals surface area (Å²) in [4.78, 5) is 13.3. The minimum absolute atomic E-state index is 0.0295. The largest absolute Gasteiger partial charge is 0.403 e. The quantitative estimate of drug-likeness (QED) is 0.627. The number of aromatic nitrogens is 2. The molecule has 2 aromatic carbocycles. The van der Waals surface area contributed by atoms with E-state index in [1.807, 2.05) is 24.3 Å². The van der Waals surface area contributed by atoms with E-state index in [2.05, 4.69) is 29.4 Å². The van der Waals surface area contributed by atoms with E-state index >= 15 is 0 Å². The van der Waals surface area contributed by atoms with Gasteiger partial charge in [0.25, 0.3) is 5.91 Å². The molecule has 0 saturated heterocycles. The zero-order chi connectivity index (χ0) is 17.8. The Morgan fingerprint density at radius 1 is 1.16 bits per heavy atom. The highest BCUT2D eigenvalue weighted by Gasteiger charge is 2.15. The third-order valence-electron chi connectivity index (χ3n) is 3.22. The standard InChI is InChI=1S/C18H16ClN3O2S/c1-11(2)25-13-7-5-6-12(10-13)17-21-22-18(24-17)20-16(23)14-8-3-4-9-15(14)19/h3-11H,1-2H3,(H,20,22,23). The topological polar surface area (TPSA) is 68.0 Å². The van der Waals surface area contributed by atoms with Crippen molar-refractivity contribution in [2.24, 2.45) is 0 Å². The zero-order valence-electron chi connectivity index (χ0n) is 13.7. The molecule has 0 unspecified atom stereocenters. The lowest BCUT2D eigenvalue weighted by Gasteiger charge is -2.05. The highest BCUT2D eigenvalue weighted by Crippen LogP contribution is 2.28. The molecule has 1 heterocycles. The van der Waals surface area contributed by atoms with Crippen LogP contribution in [0.2, 0.25) is 5.02 Å². The predicted octanol–water partition coefficient (Wildman–Crippen LogP) is 5.14. The smallest absolute Gasteiger partial charge is 0.322 e. The molecule has 1 amide bonds. The highest BCUT2D eigenvalue weighted by atomic mass is 35.5. The van der Waals surface area contributed by atoms with Crippen LogP contribution in [0.3, 0.4) is 0 Å². The van der Waals surface area contributed by atoms with Crippen LogP contribution in [0.15, 0.2) is 57.8 Å². The molecule has 0 fully saturated rings. The summed E-state index contributed by atoms with van der Waals surface area (Å²) in [5.74, 6) is -0.0504. The summed E-state index contributed by atoms with van der Waals surface area (Å²) in [6.07, 6.45) is 0. The molecule has 5 nitrogen and oxygen atoms in total. The van der Waals surface area contributed by atoms with Crippen LogP contribution in [0, 0.1) is 0 Å². The SMILES string of the molecule is CC(C)Sc1cccc(-c2nnc(NC(=O)c3ccccc3Cl)o2)c1. The van der Waals surface area contributed by atoms with E-state index in [-0.39, 0.29) is 6.01 Å². The van der Waals surface area contributed by atoms with E-state index < -0.39 is 5.91 Å². The fourth-order valence-corrected chi connectivity index (χ4v) is 3.29. The first-order valence-electron chi connectivity index (χ1n) is 7.69. The van der Waals surface area contributed by atoms with Crippen molar-refractivity contribution < 1.29 is 9.21 Å². The fourth-order valence-electron chi connectivity index (χ4n) is 2.17. The molecule has 1 N–H and O–H groups in total. The Bertz CT molecular complexity index is 895. The van der Waals surface area contributed by atoms with E-state index in [0.29, 0.717) is 21.7 Å². The maximum absolute atomic E-state index is 12.2. The molecule has 3 aromatic rings. The van der Waals surface area contributed by atoms with Crippen molar-refractivity contribution in [3.63, 3.8) is 0 Å². The minimum atomic E-state index is -0.398. The molecule has 0 aliphatic carbocycles. The lowest BCUT2D eigenvalue weighted by Crippen LogP contribution is -2.12. The lowest BCUT2D eigenvalue weighted by molar-refractivity contribution is 0.102. The molecular formula is C18H16ClN3O2S. The molecule has 1 aromatic heterocycles. The zero-order valence-corrected chi connectivity index (χ0v) is 15.3. The minimum Gasteiger partial charge on any atom is -0.403 e. The van der Waals surface area contributed by atoms with Crippen LogP contribution in [0.5, 0.6) is 0 Å². The van der Waals surface area contributed by atoms with Gasteiger partial charge in [0.1, 0.15) is 0 Å². The maximum Gasteiger partial charge on any atom is 0.322 e. The Morgan fingerprint density at radius 3 is 2.72 bits per heavy atom. The summed E-state index contributed by atoms with van der Waals surface area (Å²) in [6, 6.07) is 14.6. The Morgan fingerprint density at radius 2 is 1.96 bits per heavy atom. The van der Waals surface area contributed by atoms with E-state index in [4.69, 9.17) is 16.0 Å². The van der Waals surface area contributed by atoms with Gasteiger partial charge in [-0.1, -0.05) is 48.7 Å². The van der Waals surface area contributed by atoms with Gasteiger partial charge in [0.15, 0.2) is 0 Å². The second-order valence-corrected chi connectivity index (χ2v) is 7.60. The third-order valence-corrected chi connectivity index (χ3v) is 4.54. The Balaban J connectivity index is 1.77. The second-order valence-electron chi connectivity index (χ2n) is 5.54. The molecule has 3 rings (SSSR count). The van der Waals surface area contributed by atoms with Gasteiger partial charge in [0, 0.05) is 15.7 Å². The van der Waals surface area contributed by atoms with Crippen molar-refractivity contribution in [3.8, 4) is 11.5 Å². The Hall–Kier alpha value is -2.31. The molecule has 0 bridgehead atoms. The van der Waals surface area contributed by atoms with Gasteiger partial charge in [-0.2, -0.15) is 0 Å². The van der Waals surface area contributed by atoms with E-state index in [0.717, 1.165) is 10.5 Å². The van der Waals surface area contributed by atoms with Gasteiger partial charge in [-0.3, -0.25) is 10.1 Å². The van der Waals surface area contributed by atoms with Gasteiger partial charge in [0.05, 0.1) is 10.6 Å². The number of carbonyl (C=O) groups excluding carboxylic acids is 1. The molecule has 7 heteroatoms. The maximum atomic E-state index is 12.2. The fraction of sp³-hybridized carbons (Fsp3) is 0.167. The number of carbonyl (C=O) groups is 1. The highest BCUT2D eigenvalue weighted by molar-refractivity contribution is 7.99. The van der Waals surface area contributed by atoms with Gasteiger partial charge < -0.3 is 4.42 Å². The number of halogens is 1. The van der Waals surface area contributed by atoms with Crippen molar-refractivity contribution >= 4 is 35.3 Å². The number of hydrogen-bond donors (Lipinski definition) is 1. The first kappa shape index (κ1) is 17.5. The normalized spacial score (nSPS) is 10.9. The monoisotopic (exact) mass is 373 g/mol. The molecule has 128 valence electrons. The van der Waals surface area contributed by atoms with Gasteiger partial charge in [0.2, 0.25) is 5.89 Å². The summed E-state index contributed by atoms with van der Waals surface area (Å²) < 4.78 is 5.56. The van der Waals surface area contributed by atoms with Gasteiger partial charge in [-0.15, -0.1) is 16.9 Å². The Kier molecular flexibility index (Phi) is 5.40. The van der Waals surface area contributed by atoms with Crippen LogP contribution in [0.1, 0.15) is 24.2 Å². The van der Waals surface area contributed by atoms with Crippen LogP contribution in [-0.2, 0) is 0 Å². The van der Waals surface area contributed by atoms with Crippen LogP contribution < -0.4 is 5.32 Å². The molecule has 0 atom stereocenters. The van der Waals surface area contributed by atoms with Crippen molar-refractivity contribution in [3.05, 3.63) is 59.1 Å². The molecule has 0 radical (unpaired) electrons. The Labute approximate surface area is 154 Å². The second kappa shape index (κ2) is 7.72. The number of amides is 1. The lowest BCUT2D eigenvalue weighted by atomic mass is 10.2. The molecule has 25 heavy (non-hydrogen) atoms. The molecular weight excluding hydrogens is 358 g/mol. The summed E-state index contributed by atoms with van der Waals surface area (Å²) in [5, 5.41) is 11.3. The summed E-state index contributed by atoms with van der Waals surface area (Å²) in [6.45, 7) is 4.26. The molecule has 0 aliphatic rings. The van der Waals surface area contributed by atoms with Crippen molar-refractivity contribution in [2.75, 3.05) is 5.32 Å². The van der Waals surface area contributed by atoms with Crippen molar-refractivity contribution in [1.82, 2.24) is 10.2 Å². The number of hydrogen-bond acceptors (Lipinski definition) is 5. The van der Waals surface area contributed by atoms with Crippen LogP contribution in [-0.4, -0.2) is 21.4 Å². The van der Waals surface area contributed by atoms with E-state index in [1.165, 1.54) is 0 Å². The first-order chi connectivity index (χ1) is 12.0. The van der Waals surface area contributed by atoms with Crippen LogP contribution in [0.25, 0.3) is 11.5 Å². The van der Waals surface area contributed by atoms with E-state index in [1.54, 1.807) is 36.0 Å². The molecule has 0 saturated carbocycles. The van der Waals surface area contributed by atoms with E-state index in [9.17, 15) is 4.79 Å².